The average Bonchev–Trinajstić information content (AvgIpc) is 3.20. The Hall–Kier alpha value is -3.71. The lowest BCUT2D eigenvalue weighted by molar-refractivity contribution is -0.0557. The summed E-state index contributed by atoms with van der Waals surface area (Å²) >= 11 is 0. The second kappa shape index (κ2) is 9.03. The molecule has 10 heteroatoms. The number of rotatable bonds is 4. The number of fused-ring (bicyclic) bond motifs is 1. The van der Waals surface area contributed by atoms with Gasteiger partial charge in [0.2, 0.25) is 5.95 Å². The Labute approximate surface area is 190 Å². The van der Waals surface area contributed by atoms with E-state index in [-0.39, 0.29) is 18.8 Å². The van der Waals surface area contributed by atoms with Crippen molar-refractivity contribution in [3.05, 3.63) is 48.3 Å². The largest absolute Gasteiger partial charge is 0.489 e. The molecule has 0 unspecified atom stereocenters. The van der Waals surface area contributed by atoms with E-state index >= 15 is 0 Å². The summed E-state index contributed by atoms with van der Waals surface area (Å²) in [6, 6.07) is 6.70. The summed E-state index contributed by atoms with van der Waals surface area (Å²) in [5.41, 5.74) is 1.63. The minimum absolute atomic E-state index is 0.193. The molecule has 0 radical (unpaired) electrons. The molecule has 0 aliphatic carbocycles. The maximum atomic E-state index is 13.3. The fourth-order valence-corrected chi connectivity index (χ4v) is 3.51. The Balaban J connectivity index is 1.53. The third-order valence-electron chi connectivity index (χ3n) is 4.97. The highest BCUT2D eigenvalue weighted by atomic mass is 19.1. The number of morpholine rings is 1. The van der Waals surface area contributed by atoms with Gasteiger partial charge in [0.15, 0.2) is 0 Å². The van der Waals surface area contributed by atoms with E-state index in [9.17, 15) is 14.4 Å². The van der Waals surface area contributed by atoms with E-state index in [1.165, 1.54) is 18.5 Å². The SMILES string of the molecule is CC(C)(C)OC(=O)N1CCO[C@@H](COc2cc(-c3ccc(F)nc3)c3c(C#N)cnn3c2)C1. The van der Waals surface area contributed by atoms with E-state index in [1.54, 1.807) is 27.7 Å². The van der Waals surface area contributed by atoms with Gasteiger partial charge in [-0.05, 0) is 39.0 Å². The third-order valence-corrected chi connectivity index (χ3v) is 4.97. The van der Waals surface area contributed by atoms with Crippen molar-refractivity contribution in [1.29, 1.82) is 5.26 Å². The topological polar surface area (TPSA) is 102 Å². The van der Waals surface area contributed by atoms with E-state index in [4.69, 9.17) is 14.2 Å². The molecule has 3 aromatic heterocycles. The number of carbonyl (C=O) groups is 1. The average molecular weight is 453 g/mol. The van der Waals surface area contributed by atoms with Gasteiger partial charge in [-0.3, -0.25) is 0 Å². The van der Waals surface area contributed by atoms with E-state index in [2.05, 4.69) is 16.2 Å². The van der Waals surface area contributed by atoms with Gasteiger partial charge in [0.25, 0.3) is 0 Å². The molecule has 9 nitrogen and oxygen atoms in total. The van der Waals surface area contributed by atoms with Crippen molar-refractivity contribution in [1.82, 2.24) is 19.5 Å². The molecule has 172 valence electrons. The first kappa shape index (κ1) is 22.5. The van der Waals surface area contributed by atoms with Gasteiger partial charge in [0.05, 0.1) is 36.6 Å². The Morgan fingerprint density at radius 1 is 1.36 bits per heavy atom. The molecule has 1 saturated heterocycles. The Morgan fingerprint density at radius 3 is 2.88 bits per heavy atom. The Bertz CT molecular complexity index is 1200. The van der Waals surface area contributed by atoms with Gasteiger partial charge in [0, 0.05) is 23.9 Å². The number of nitrogens with zero attached hydrogens (tertiary/aromatic N) is 5. The number of nitriles is 1. The highest BCUT2D eigenvalue weighted by Crippen LogP contribution is 2.30. The van der Waals surface area contributed by atoms with E-state index < -0.39 is 11.5 Å². The number of ether oxygens (including phenoxy) is 3. The predicted molar refractivity (Wildman–Crippen MR) is 116 cm³/mol. The number of pyridine rings is 2. The summed E-state index contributed by atoms with van der Waals surface area (Å²) in [7, 11) is 0. The van der Waals surface area contributed by atoms with Crippen LogP contribution in [0.1, 0.15) is 26.3 Å². The van der Waals surface area contributed by atoms with Crippen molar-refractivity contribution in [3.63, 3.8) is 0 Å². The first-order chi connectivity index (χ1) is 15.7. The molecule has 1 atom stereocenters. The van der Waals surface area contributed by atoms with Crippen molar-refractivity contribution in [3.8, 4) is 22.9 Å². The molecule has 0 aromatic carbocycles. The number of amides is 1. The van der Waals surface area contributed by atoms with Crippen molar-refractivity contribution in [2.75, 3.05) is 26.3 Å². The number of aromatic nitrogens is 3. The molecule has 3 aromatic rings. The second-order valence-electron chi connectivity index (χ2n) is 8.65. The minimum Gasteiger partial charge on any atom is -0.489 e. The van der Waals surface area contributed by atoms with Gasteiger partial charge in [-0.1, -0.05) is 0 Å². The summed E-state index contributed by atoms with van der Waals surface area (Å²) < 4.78 is 32.0. The van der Waals surface area contributed by atoms with Crippen molar-refractivity contribution >= 4 is 11.6 Å². The van der Waals surface area contributed by atoms with Crippen LogP contribution < -0.4 is 4.74 Å². The van der Waals surface area contributed by atoms with E-state index in [0.29, 0.717) is 47.7 Å². The maximum absolute atomic E-state index is 13.3. The summed E-state index contributed by atoms with van der Waals surface area (Å²) in [5.74, 6) is -0.118. The van der Waals surface area contributed by atoms with Gasteiger partial charge in [-0.25, -0.2) is 14.3 Å². The molecule has 4 rings (SSSR count). The van der Waals surface area contributed by atoms with Crippen molar-refractivity contribution < 1.29 is 23.4 Å². The summed E-state index contributed by atoms with van der Waals surface area (Å²) in [4.78, 5) is 17.7. The van der Waals surface area contributed by atoms with Crippen LogP contribution in [-0.2, 0) is 9.47 Å². The molecule has 0 saturated carbocycles. The lowest BCUT2D eigenvalue weighted by Crippen LogP contribution is -2.49. The van der Waals surface area contributed by atoms with Crippen LogP contribution in [0.2, 0.25) is 0 Å². The lowest BCUT2D eigenvalue weighted by atomic mass is 10.1. The van der Waals surface area contributed by atoms with Crippen LogP contribution in [0.25, 0.3) is 16.6 Å². The molecule has 0 bridgehead atoms. The van der Waals surface area contributed by atoms with Crippen LogP contribution in [-0.4, -0.2) is 63.6 Å². The van der Waals surface area contributed by atoms with Crippen LogP contribution >= 0.6 is 0 Å². The van der Waals surface area contributed by atoms with Gasteiger partial charge in [-0.15, -0.1) is 0 Å². The number of carbonyl (C=O) groups excluding carboxylic acids is 1. The zero-order chi connectivity index (χ0) is 23.6. The number of halogens is 1. The number of hydrogen-bond acceptors (Lipinski definition) is 7. The monoisotopic (exact) mass is 453 g/mol. The molecule has 1 fully saturated rings. The van der Waals surface area contributed by atoms with Gasteiger partial charge >= 0.3 is 6.09 Å². The fraction of sp³-hybridized carbons (Fsp3) is 0.391. The highest BCUT2D eigenvalue weighted by molar-refractivity contribution is 5.84. The van der Waals surface area contributed by atoms with Gasteiger partial charge < -0.3 is 19.1 Å². The van der Waals surface area contributed by atoms with Crippen molar-refractivity contribution in [2.24, 2.45) is 0 Å². The summed E-state index contributed by atoms with van der Waals surface area (Å²) in [6.45, 7) is 6.83. The molecule has 0 spiro atoms. The van der Waals surface area contributed by atoms with Crippen molar-refractivity contribution in [2.45, 2.75) is 32.5 Å². The lowest BCUT2D eigenvalue weighted by Gasteiger charge is -2.34. The third kappa shape index (κ3) is 5.21. The molecule has 4 heterocycles. The highest BCUT2D eigenvalue weighted by Gasteiger charge is 2.28. The minimum atomic E-state index is -0.597. The molecule has 1 aliphatic heterocycles. The smallest absolute Gasteiger partial charge is 0.410 e. The molecular formula is C23H24FN5O4. The van der Waals surface area contributed by atoms with E-state index in [0.717, 1.165) is 0 Å². The Morgan fingerprint density at radius 2 is 2.18 bits per heavy atom. The molecule has 1 amide bonds. The van der Waals surface area contributed by atoms with Crippen LogP contribution in [0.5, 0.6) is 5.75 Å². The standard InChI is InChI=1S/C23H24FN5O4/c1-23(2,3)33-22(30)28-6-7-31-18(12-28)14-32-17-8-19(15-4-5-20(24)26-10-15)21-16(9-25)11-27-29(21)13-17/h4-5,8,10-11,13,18H,6-7,12,14H2,1-3H3/t18-/m1/s1. The van der Waals surface area contributed by atoms with Gasteiger partial charge in [-0.2, -0.15) is 14.8 Å². The zero-order valence-electron chi connectivity index (χ0n) is 18.6. The van der Waals surface area contributed by atoms with Crippen LogP contribution in [0.15, 0.2) is 36.8 Å². The summed E-state index contributed by atoms with van der Waals surface area (Å²) in [6.07, 6.45) is 3.79. The van der Waals surface area contributed by atoms with E-state index in [1.807, 2.05) is 20.8 Å². The zero-order valence-corrected chi connectivity index (χ0v) is 18.6. The first-order valence-corrected chi connectivity index (χ1v) is 10.5. The maximum Gasteiger partial charge on any atom is 0.410 e. The molecule has 1 aliphatic rings. The van der Waals surface area contributed by atoms with Gasteiger partial charge in [0.1, 0.15) is 30.1 Å². The molecular weight excluding hydrogens is 429 g/mol. The molecule has 33 heavy (non-hydrogen) atoms. The summed E-state index contributed by atoms with van der Waals surface area (Å²) in [5, 5.41) is 13.7. The second-order valence-corrected chi connectivity index (χ2v) is 8.65. The normalized spacial score (nSPS) is 16.5. The van der Waals surface area contributed by atoms with Crippen LogP contribution in [0, 0.1) is 17.3 Å². The van der Waals surface area contributed by atoms with Crippen LogP contribution in [0.3, 0.4) is 0 Å². The quantitative estimate of drug-likeness (QED) is 0.558. The fourth-order valence-electron chi connectivity index (χ4n) is 3.51. The first-order valence-electron chi connectivity index (χ1n) is 10.5. The Kier molecular flexibility index (Phi) is 6.16. The predicted octanol–water partition coefficient (Wildman–Crippen LogP) is 3.42. The number of hydrogen-bond donors (Lipinski definition) is 0. The molecule has 0 N–H and O–H groups in total. The van der Waals surface area contributed by atoms with Crippen LogP contribution in [0.4, 0.5) is 9.18 Å².